The fourth-order valence-electron chi connectivity index (χ4n) is 1.64. The highest BCUT2D eigenvalue weighted by atomic mass is 16.5. The molecule has 0 aliphatic heterocycles. The van der Waals surface area contributed by atoms with Crippen molar-refractivity contribution >= 4 is 5.97 Å². The van der Waals surface area contributed by atoms with Crippen molar-refractivity contribution in [3.8, 4) is 11.1 Å². The largest absolute Gasteiger partial charge is 0.462 e. The van der Waals surface area contributed by atoms with E-state index in [-0.39, 0.29) is 12.2 Å². The van der Waals surface area contributed by atoms with Gasteiger partial charge in [0.25, 0.3) is 5.56 Å². The van der Waals surface area contributed by atoms with Crippen molar-refractivity contribution in [2.24, 2.45) is 0 Å². The van der Waals surface area contributed by atoms with Gasteiger partial charge in [0.2, 0.25) is 0 Å². The summed E-state index contributed by atoms with van der Waals surface area (Å²) in [5, 5.41) is 0. The number of hydrogen-bond donors (Lipinski definition) is 1. The molecular formula is C14H13NO3. The first-order chi connectivity index (χ1) is 8.72. The molecule has 0 atom stereocenters. The molecule has 0 saturated heterocycles. The fourth-order valence-corrected chi connectivity index (χ4v) is 1.64. The lowest BCUT2D eigenvalue weighted by Gasteiger charge is -2.04. The zero-order chi connectivity index (χ0) is 13.0. The standard InChI is InChI=1S/C14H13NO3/c1-2-18-14(17)12-8-11(9-15-13(12)16)10-6-4-3-5-7-10/h3-9H,2H2,1H3,(H,15,16). The van der Waals surface area contributed by atoms with E-state index < -0.39 is 11.5 Å². The Hall–Kier alpha value is -2.36. The molecule has 2 rings (SSSR count). The van der Waals surface area contributed by atoms with Gasteiger partial charge in [-0.15, -0.1) is 0 Å². The number of nitrogens with one attached hydrogen (secondary N) is 1. The second-order valence-corrected chi connectivity index (χ2v) is 3.72. The molecule has 0 aliphatic rings. The van der Waals surface area contributed by atoms with Crippen LogP contribution in [0.4, 0.5) is 0 Å². The lowest BCUT2D eigenvalue weighted by atomic mass is 10.1. The third-order valence-corrected chi connectivity index (χ3v) is 2.51. The Labute approximate surface area is 104 Å². The quantitative estimate of drug-likeness (QED) is 0.841. The molecule has 0 saturated carbocycles. The van der Waals surface area contributed by atoms with Gasteiger partial charge in [-0.25, -0.2) is 4.79 Å². The van der Waals surface area contributed by atoms with E-state index in [9.17, 15) is 9.59 Å². The number of rotatable bonds is 3. The second-order valence-electron chi connectivity index (χ2n) is 3.72. The molecule has 4 heteroatoms. The Bertz CT molecular complexity index is 602. The molecule has 1 aromatic heterocycles. The molecular weight excluding hydrogens is 230 g/mol. The molecule has 1 N–H and O–H groups in total. The molecule has 0 unspecified atom stereocenters. The van der Waals surface area contributed by atoms with Crippen LogP contribution in [0.2, 0.25) is 0 Å². The summed E-state index contributed by atoms with van der Waals surface area (Å²) in [6.45, 7) is 1.95. The van der Waals surface area contributed by atoms with Crippen LogP contribution < -0.4 is 5.56 Å². The van der Waals surface area contributed by atoms with E-state index in [2.05, 4.69) is 4.98 Å². The SMILES string of the molecule is CCOC(=O)c1cc(-c2ccccc2)c[nH]c1=O. The summed E-state index contributed by atoms with van der Waals surface area (Å²) in [6.07, 6.45) is 1.58. The third-order valence-electron chi connectivity index (χ3n) is 2.51. The minimum atomic E-state index is -0.600. The summed E-state index contributed by atoms with van der Waals surface area (Å²) >= 11 is 0. The smallest absolute Gasteiger partial charge is 0.343 e. The van der Waals surface area contributed by atoms with Gasteiger partial charge in [-0.05, 0) is 24.1 Å². The molecule has 0 amide bonds. The van der Waals surface area contributed by atoms with Crippen LogP contribution in [-0.4, -0.2) is 17.6 Å². The first kappa shape index (κ1) is 12.1. The van der Waals surface area contributed by atoms with Crippen molar-refractivity contribution in [2.75, 3.05) is 6.61 Å². The lowest BCUT2D eigenvalue weighted by Crippen LogP contribution is -2.19. The fraction of sp³-hybridized carbons (Fsp3) is 0.143. The van der Waals surface area contributed by atoms with Crippen molar-refractivity contribution in [2.45, 2.75) is 6.92 Å². The molecule has 0 bridgehead atoms. The Morgan fingerprint density at radius 3 is 2.61 bits per heavy atom. The van der Waals surface area contributed by atoms with Crippen molar-refractivity contribution in [1.29, 1.82) is 0 Å². The normalized spacial score (nSPS) is 10.1. The molecule has 0 aliphatic carbocycles. The second kappa shape index (κ2) is 5.31. The summed E-state index contributed by atoms with van der Waals surface area (Å²) < 4.78 is 4.84. The molecule has 92 valence electrons. The van der Waals surface area contributed by atoms with Gasteiger partial charge in [0.05, 0.1) is 6.61 Å². The highest BCUT2D eigenvalue weighted by Crippen LogP contribution is 2.17. The van der Waals surface area contributed by atoms with Gasteiger partial charge in [0.15, 0.2) is 0 Å². The number of carbonyl (C=O) groups excluding carboxylic acids is 1. The summed E-state index contributed by atoms with van der Waals surface area (Å²) in [4.78, 5) is 25.7. The summed E-state index contributed by atoms with van der Waals surface area (Å²) in [7, 11) is 0. The number of carbonyl (C=O) groups is 1. The van der Waals surface area contributed by atoms with Crippen LogP contribution >= 0.6 is 0 Å². The number of hydrogen-bond acceptors (Lipinski definition) is 3. The van der Waals surface area contributed by atoms with Crippen LogP contribution in [0.25, 0.3) is 11.1 Å². The van der Waals surface area contributed by atoms with Gasteiger partial charge in [-0.3, -0.25) is 4.79 Å². The Balaban J connectivity index is 2.44. The van der Waals surface area contributed by atoms with Crippen LogP contribution in [0.5, 0.6) is 0 Å². The van der Waals surface area contributed by atoms with Crippen LogP contribution in [0, 0.1) is 0 Å². The van der Waals surface area contributed by atoms with Crippen LogP contribution in [0.3, 0.4) is 0 Å². The molecule has 0 fully saturated rings. The predicted octanol–water partition coefficient (Wildman–Crippen LogP) is 2.22. The third kappa shape index (κ3) is 2.48. The Morgan fingerprint density at radius 2 is 1.94 bits per heavy atom. The van der Waals surface area contributed by atoms with Gasteiger partial charge in [-0.2, -0.15) is 0 Å². The van der Waals surface area contributed by atoms with Gasteiger partial charge < -0.3 is 9.72 Å². The lowest BCUT2D eigenvalue weighted by molar-refractivity contribution is 0.0524. The number of aromatic nitrogens is 1. The molecule has 1 aromatic carbocycles. The number of ether oxygens (including phenoxy) is 1. The van der Waals surface area contributed by atoms with Gasteiger partial charge in [-0.1, -0.05) is 30.3 Å². The molecule has 1 heterocycles. The maximum Gasteiger partial charge on any atom is 0.343 e. The minimum absolute atomic E-state index is 0.0261. The van der Waals surface area contributed by atoms with Gasteiger partial charge in [0, 0.05) is 6.20 Å². The zero-order valence-electron chi connectivity index (χ0n) is 9.97. The molecule has 0 radical (unpaired) electrons. The monoisotopic (exact) mass is 243 g/mol. The minimum Gasteiger partial charge on any atom is -0.462 e. The summed E-state index contributed by atoms with van der Waals surface area (Å²) in [6, 6.07) is 11.0. The van der Waals surface area contributed by atoms with Crippen LogP contribution in [-0.2, 0) is 4.74 Å². The van der Waals surface area contributed by atoms with Crippen molar-refractivity contribution in [1.82, 2.24) is 4.98 Å². The van der Waals surface area contributed by atoms with E-state index in [4.69, 9.17) is 4.74 Å². The maximum absolute atomic E-state index is 11.6. The number of benzene rings is 1. The van der Waals surface area contributed by atoms with Crippen LogP contribution in [0.15, 0.2) is 47.4 Å². The summed E-state index contributed by atoms with van der Waals surface area (Å²) in [5.41, 5.74) is 1.30. The molecule has 4 nitrogen and oxygen atoms in total. The molecule has 2 aromatic rings. The maximum atomic E-state index is 11.6. The number of esters is 1. The predicted molar refractivity (Wildman–Crippen MR) is 68.5 cm³/mol. The summed E-state index contributed by atoms with van der Waals surface area (Å²) in [5.74, 6) is -0.600. The van der Waals surface area contributed by atoms with E-state index in [1.165, 1.54) is 0 Å². The van der Waals surface area contributed by atoms with Gasteiger partial charge in [0.1, 0.15) is 5.56 Å². The van der Waals surface area contributed by atoms with E-state index in [1.807, 2.05) is 30.3 Å². The van der Waals surface area contributed by atoms with Crippen molar-refractivity contribution in [3.05, 3.63) is 58.5 Å². The number of H-pyrrole nitrogens is 1. The molecule has 18 heavy (non-hydrogen) atoms. The van der Waals surface area contributed by atoms with E-state index in [1.54, 1.807) is 19.2 Å². The molecule has 0 spiro atoms. The average molecular weight is 243 g/mol. The topological polar surface area (TPSA) is 59.2 Å². The van der Waals surface area contributed by atoms with Gasteiger partial charge >= 0.3 is 5.97 Å². The zero-order valence-corrected chi connectivity index (χ0v) is 9.97. The first-order valence-electron chi connectivity index (χ1n) is 5.67. The first-order valence-corrected chi connectivity index (χ1v) is 5.67. The van der Waals surface area contributed by atoms with E-state index in [0.29, 0.717) is 0 Å². The Morgan fingerprint density at radius 1 is 1.22 bits per heavy atom. The number of aromatic amines is 1. The highest BCUT2D eigenvalue weighted by Gasteiger charge is 2.12. The van der Waals surface area contributed by atoms with E-state index in [0.717, 1.165) is 11.1 Å². The van der Waals surface area contributed by atoms with Crippen molar-refractivity contribution in [3.63, 3.8) is 0 Å². The van der Waals surface area contributed by atoms with E-state index >= 15 is 0 Å². The number of pyridine rings is 1. The van der Waals surface area contributed by atoms with Crippen LogP contribution in [0.1, 0.15) is 17.3 Å². The van der Waals surface area contributed by atoms with Crippen molar-refractivity contribution < 1.29 is 9.53 Å². The average Bonchev–Trinajstić information content (AvgIpc) is 2.40. The Kier molecular flexibility index (Phi) is 3.57. The highest BCUT2D eigenvalue weighted by molar-refractivity contribution is 5.90.